The summed E-state index contributed by atoms with van der Waals surface area (Å²) in [5, 5.41) is 11.7. The molecule has 5 atom stereocenters. The van der Waals surface area contributed by atoms with Crippen LogP contribution in [0.3, 0.4) is 0 Å². The molecule has 5 nitrogen and oxygen atoms in total. The zero-order valence-electron chi connectivity index (χ0n) is 17.1. The van der Waals surface area contributed by atoms with Crippen molar-refractivity contribution >= 4 is 5.97 Å². The number of aliphatic hydroxyl groups is 1. The minimum Gasteiger partial charge on any atom is -1.00 e. The minimum absolute atomic E-state index is 0. The Morgan fingerprint density at radius 3 is 2.00 bits per heavy atom. The second-order valence-corrected chi connectivity index (χ2v) is 9.63. The van der Waals surface area contributed by atoms with Crippen molar-refractivity contribution in [1.29, 1.82) is 0 Å². The van der Waals surface area contributed by atoms with Crippen molar-refractivity contribution in [2.24, 2.45) is 11.8 Å². The van der Waals surface area contributed by atoms with Gasteiger partial charge in [-0.3, -0.25) is 0 Å². The Labute approximate surface area is 187 Å². The number of rotatable bonds is 2. The number of hydrogen-bond acceptors (Lipinski definition) is 4. The standard InChI is InChI=1S/C24H26NO4.BrH/c1-25(2)19-11-14(12-20(25)16-13-15(16)19)28-23(26)24(27)17-7-3-5-9-21(17)29-22-10-6-4-8-18(22)24;/h3-10,14-16,19-20,27H,11-13H2,1-2H3;1H/q+1;/p-1/t14?,15-,16+,19-,20+;. The van der Waals surface area contributed by atoms with Crippen LogP contribution >= 0.6 is 0 Å². The molecule has 6 rings (SSSR count). The van der Waals surface area contributed by atoms with E-state index < -0.39 is 11.6 Å². The van der Waals surface area contributed by atoms with Gasteiger partial charge in [-0.2, -0.15) is 0 Å². The van der Waals surface area contributed by atoms with Crippen molar-refractivity contribution in [2.45, 2.75) is 43.1 Å². The van der Waals surface area contributed by atoms with Gasteiger partial charge in [0.2, 0.25) is 5.60 Å². The topological polar surface area (TPSA) is 55.8 Å². The van der Waals surface area contributed by atoms with Gasteiger partial charge in [0.05, 0.1) is 26.2 Å². The normalized spacial score (nSPS) is 33.1. The van der Waals surface area contributed by atoms with Crippen molar-refractivity contribution in [2.75, 3.05) is 14.1 Å². The number of ether oxygens (including phenoxy) is 2. The lowest BCUT2D eigenvalue weighted by Gasteiger charge is -2.46. The van der Waals surface area contributed by atoms with Gasteiger partial charge in [-0.1, -0.05) is 36.4 Å². The SMILES string of the molecule is C[N+]1(C)[C@@H]2CC(OC(=O)C3(O)c4ccccc4Oc4ccccc43)C[C@H]1[C@H]1C[C@H]12.[Br-]. The van der Waals surface area contributed by atoms with Crippen LogP contribution in [0, 0.1) is 11.8 Å². The highest BCUT2D eigenvalue weighted by molar-refractivity contribution is 5.88. The second kappa shape index (κ2) is 6.55. The molecule has 2 aromatic carbocycles. The largest absolute Gasteiger partial charge is 1.00 e. The third kappa shape index (κ3) is 2.57. The fourth-order valence-corrected chi connectivity index (χ4v) is 6.41. The van der Waals surface area contributed by atoms with Crippen molar-refractivity contribution in [3.8, 4) is 11.5 Å². The van der Waals surface area contributed by atoms with Gasteiger partial charge in [0.25, 0.3) is 0 Å². The summed E-state index contributed by atoms with van der Waals surface area (Å²) >= 11 is 0. The first-order valence-corrected chi connectivity index (χ1v) is 10.5. The van der Waals surface area contributed by atoms with E-state index in [1.165, 1.54) is 6.42 Å². The van der Waals surface area contributed by atoms with Gasteiger partial charge in [-0.05, 0) is 18.6 Å². The van der Waals surface area contributed by atoms with E-state index in [4.69, 9.17) is 9.47 Å². The van der Waals surface area contributed by atoms with Crippen molar-refractivity contribution in [1.82, 2.24) is 0 Å². The summed E-state index contributed by atoms with van der Waals surface area (Å²) in [6.45, 7) is 0. The van der Waals surface area contributed by atoms with Crippen molar-refractivity contribution in [3.05, 3.63) is 59.7 Å². The molecule has 1 aliphatic carbocycles. The van der Waals surface area contributed by atoms with E-state index in [0.717, 1.165) is 29.2 Å². The van der Waals surface area contributed by atoms with Crippen LogP contribution < -0.4 is 21.7 Å². The Bertz CT molecular complexity index is 956. The Morgan fingerprint density at radius 2 is 1.47 bits per heavy atom. The fourth-order valence-electron chi connectivity index (χ4n) is 6.41. The maximum absolute atomic E-state index is 13.5. The molecule has 0 amide bonds. The van der Waals surface area contributed by atoms with Crippen LogP contribution in [0.15, 0.2) is 48.5 Å². The molecule has 6 heteroatoms. The number of esters is 1. The number of benzene rings is 2. The molecular weight excluding hydrogens is 446 g/mol. The van der Waals surface area contributed by atoms with E-state index in [2.05, 4.69) is 14.1 Å². The number of carbonyl (C=O) groups excluding carboxylic acids is 1. The van der Waals surface area contributed by atoms with Crippen LogP contribution in [-0.4, -0.2) is 47.8 Å². The Kier molecular flexibility index (Phi) is 4.38. The van der Waals surface area contributed by atoms with Crippen LogP contribution in [0.5, 0.6) is 11.5 Å². The van der Waals surface area contributed by atoms with E-state index in [1.807, 2.05) is 24.3 Å². The van der Waals surface area contributed by atoms with E-state index in [9.17, 15) is 9.90 Å². The molecule has 1 N–H and O–H groups in total. The van der Waals surface area contributed by atoms with Crippen LogP contribution in [0.4, 0.5) is 0 Å². The van der Waals surface area contributed by atoms with Crippen LogP contribution in [-0.2, 0) is 15.1 Å². The molecule has 2 aromatic rings. The molecule has 30 heavy (non-hydrogen) atoms. The Hall–Kier alpha value is -1.89. The highest BCUT2D eigenvalue weighted by Crippen LogP contribution is 2.61. The van der Waals surface area contributed by atoms with Gasteiger partial charge in [-0.15, -0.1) is 0 Å². The first-order valence-electron chi connectivity index (χ1n) is 10.5. The second-order valence-electron chi connectivity index (χ2n) is 9.63. The van der Waals surface area contributed by atoms with Gasteiger partial charge < -0.3 is 36.0 Å². The molecule has 158 valence electrons. The summed E-state index contributed by atoms with van der Waals surface area (Å²) in [7, 11) is 4.63. The predicted molar refractivity (Wildman–Crippen MR) is 106 cm³/mol. The lowest BCUT2D eigenvalue weighted by atomic mass is 9.83. The van der Waals surface area contributed by atoms with E-state index in [1.54, 1.807) is 24.3 Å². The summed E-state index contributed by atoms with van der Waals surface area (Å²) in [6.07, 6.45) is 2.96. The highest BCUT2D eigenvalue weighted by atomic mass is 79.9. The number of nitrogens with zero attached hydrogens (tertiary/aromatic N) is 1. The molecule has 0 radical (unpaired) electrons. The number of carbonyl (C=O) groups is 1. The summed E-state index contributed by atoms with van der Waals surface area (Å²) in [5.74, 6) is 1.96. The van der Waals surface area contributed by atoms with Gasteiger partial charge in [0, 0.05) is 35.8 Å². The minimum atomic E-state index is -1.85. The van der Waals surface area contributed by atoms with Crippen molar-refractivity contribution in [3.63, 3.8) is 0 Å². The number of halogens is 1. The van der Waals surface area contributed by atoms with Crippen LogP contribution in [0.2, 0.25) is 0 Å². The van der Waals surface area contributed by atoms with Crippen molar-refractivity contribution < 1.29 is 40.8 Å². The molecule has 1 saturated carbocycles. The summed E-state index contributed by atoms with van der Waals surface area (Å²) in [5.41, 5.74) is -0.960. The zero-order chi connectivity index (χ0) is 20.0. The van der Waals surface area contributed by atoms with E-state index >= 15 is 0 Å². The lowest BCUT2D eigenvalue weighted by Crippen LogP contribution is -3.00. The van der Waals surface area contributed by atoms with Gasteiger partial charge in [-0.25, -0.2) is 4.79 Å². The fraction of sp³-hybridized carbons (Fsp3) is 0.458. The van der Waals surface area contributed by atoms with Crippen LogP contribution in [0.1, 0.15) is 30.4 Å². The molecule has 0 aromatic heterocycles. The molecule has 1 unspecified atom stereocenters. The highest BCUT2D eigenvalue weighted by Gasteiger charge is 2.68. The van der Waals surface area contributed by atoms with Crippen LogP contribution in [0.25, 0.3) is 0 Å². The maximum Gasteiger partial charge on any atom is 0.348 e. The summed E-state index contributed by atoms with van der Waals surface area (Å²) < 4.78 is 13.0. The molecule has 4 aliphatic rings. The molecule has 3 aliphatic heterocycles. The molecule has 3 heterocycles. The Balaban J connectivity index is 0.00000193. The smallest absolute Gasteiger partial charge is 0.348 e. The first kappa shape index (κ1) is 20.0. The number of quaternary nitrogens is 1. The summed E-state index contributed by atoms with van der Waals surface area (Å²) in [4.78, 5) is 13.5. The molecule has 2 bridgehead atoms. The quantitative estimate of drug-likeness (QED) is 0.502. The third-order valence-corrected chi connectivity index (χ3v) is 7.94. The number of fused-ring (bicyclic) bond motifs is 7. The molecule has 3 fully saturated rings. The number of hydrogen-bond donors (Lipinski definition) is 1. The first-order chi connectivity index (χ1) is 13.9. The monoisotopic (exact) mass is 471 g/mol. The predicted octanol–water partition coefficient (Wildman–Crippen LogP) is 0.201. The van der Waals surface area contributed by atoms with Gasteiger partial charge >= 0.3 is 5.97 Å². The van der Waals surface area contributed by atoms with E-state index in [0.29, 0.717) is 34.7 Å². The summed E-state index contributed by atoms with van der Waals surface area (Å²) in [6, 6.07) is 15.4. The molecule has 0 spiro atoms. The maximum atomic E-state index is 13.5. The van der Waals surface area contributed by atoms with Gasteiger partial charge in [0.15, 0.2) is 0 Å². The number of para-hydroxylation sites is 2. The Morgan fingerprint density at radius 1 is 0.967 bits per heavy atom. The average molecular weight is 472 g/mol. The van der Waals surface area contributed by atoms with Gasteiger partial charge in [0.1, 0.15) is 17.6 Å². The third-order valence-electron chi connectivity index (χ3n) is 7.94. The molecule has 2 saturated heterocycles. The zero-order valence-corrected chi connectivity index (χ0v) is 18.7. The average Bonchev–Trinajstić information content (AvgIpc) is 3.46. The molecular formula is C24H26BrNO4. The number of piperidine rings is 2. The lowest BCUT2D eigenvalue weighted by molar-refractivity contribution is -0.937. The van der Waals surface area contributed by atoms with E-state index in [-0.39, 0.29) is 23.1 Å².